The van der Waals surface area contributed by atoms with Crippen molar-refractivity contribution in [2.45, 2.75) is 38.3 Å². The summed E-state index contributed by atoms with van der Waals surface area (Å²) in [6, 6.07) is 7.48. The first-order chi connectivity index (χ1) is 14.2. The molecule has 1 N–H and O–H groups in total. The molecule has 3 heterocycles. The third kappa shape index (κ3) is 3.43. The van der Waals surface area contributed by atoms with Gasteiger partial charge in [-0.15, -0.1) is 0 Å². The number of aromatic nitrogens is 3. The van der Waals surface area contributed by atoms with Crippen LogP contribution < -0.4 is 10.2 Å². The highest BCUT2D eigenvalue weighted by atomic mass is 32.2. The van der Waals surface area contributed by atoms with E-state index >= 15 is 0 Å². The largest absolute Gasteiger partial charge is 0.341 e. The standard InChI is InChI=1S/C21H25N5O3S/c1-13(2)20-19-9-15-5-6-16(30(4,28)29)10-18(15)25(19)7-8-26(20)21-22-11-17(23-12-27)14(3)24-21/h5-6,9-13,20H,7-8H2,1-4H3,(H,23,27). The molecule has 1 aliphatic rings. The maximum Gasteiger partial charge on any atom is 0.226 e. The topological polar surface area (TPSA) is 97.2 Å². The van der Waals surface area contributed by atoms with Crippen molar-refractivity contribution in [3.63, 3.8) is 0 Å². The number of amides is 1. The van der Waals surface area contributed by atoms with Crippen molar-refractivity contribution in [3.8, 4) is 0 Å². The third-order valence-corrected chi connectivity index (χ3v) is 6.72. The van der Waals surface area contributed by atoms with E-state index < -0.39 is 9.84 Å². The Bertz CT molecular complexity index is 1230. The number of anilines is 2. The van der Waals surface area contributed by atoms with Crippen LogP contribution in [0.15, 0.2) is 35.4 Å². The highest BCUT2D eigenvalue weighted by Gasteiger charge is 2.33. The number of hydrogen-bond donors (Lipinski definition) is 1. The van der Waals surface area contributed by atoms with Crippen molar-refractivity contribution < 1.29 is 13.2 Å². The Balaban J connectivity index is 1.81. The van der Waals surface area contributed by atoms with Crippen LogP contribution >= 0.6 is 0 Å². The molecule has 158 valence electrons. The van der Waals surface area contributed by atoms with E-state index in [0.29, 0.717) is 41.7 Å². The molecule has 30 heavy (non-hydrogen) atoms. The molecule has 1 unspecified atom stereocenters. The monoisotopic (exact) mass is 427 g/mol. The van der Waals surface area contributed by atoms with Crippen LogP contribution in [0.2, 0.25) is 0 Å². The Hall–Kier alpha value is -2.94. The molecule has 9 heteroatoms. The van der Waals surface area contributed by atoms with E-state index in [1.54, 1.807) is 18.3 Å². The molecule has 2 aromatic heterocycles. The van der Waals surface area contributed by atoms with Crippen LogP contribution in [0, 0.1) is 12.8 Å². The minimum atomic E-state index is -3.27. The van der Waals surface area contributed by atoms with E-state index in [9.17, 15) is 13.2 Å². The van der Waals surface area contributed by atoms with Crippen molar-refractivity contribution in [1.82, 2.24) is 14.5 Å². The highest BCUT2D eigenvalue weighted by molar-refractivity contribution is 7.90. The van der Waals surface area contributed by atoms with E-state index in [1.165, 1.54) is 6.26 Å². The molecule has 0 bridgehead atoms. The van der Waals surface area contributed by atoms with E-state index in [-0.39, 0.29) is 12.0 Å². The normalized spacial score (nSPS) is 16.7. The maximum atomic E-state index is 12.0. The molecule has 1 aliphatic heterocycles. The zero-order chi connectivity index (χ0) is 21.6. The van der Waals surface area contributed by atoms with Gasteiger partial charge in [0.2, 0.25) is 12.4 Å². The van der Waals surface area contributed by atoms with E-state index in [4.69, 9.17) is 0 Å². The first-order valence-corrected chi connectivity index (χ1v) is 11.7. The van der Waals surface area contributed by atoms with Gasteiger partial charge in [0.05, 0.1) is 28.5 Å². The maximum absolute atomic E-state index is 12.0. The number of carbonyl (C=O) groups is 1. The molecule has 1 atom stereocenters. The molecule has 1 amide bonds. The summed E-state index contributed by atoms with van der Waals surface area (Å²) >= 11 is 0. The molecule has 0 radical (unpaired) electrons. The third-order valence-electron chi connectivity index (χ3n) is 5.61. The molecule has 0 saturated carbocycles. The van der Waals surface area contributed by atoms with Gasteiger partial charge in [0.15, 0.2) is 9.84 Å². The number of rotatable bonds is 5. The number of sulfone groups is 1. The number of aryl methyl sites for hydroxylation is 1. The number of nitrogens with zero attached hydrogens (tertiary/aromatic N) is 4. The lowest BCUT2D eigenvalue weighted by molar-refractivity contribution is -0.105. The van der Waals surface area contributed by atoms with Crippen LogP contribution in [-0.4, -0.2) is 42.2 Å². The predicted octanol–water partition coefficient (Wildman–Crippen LogP) is 2.93. The number of fused-ring (bicyclic) bond motifs is 3. The fourth-order valence-electron chi connectivity index (χ4n) is 4.21. The molecule has 0 aliphatic carbocycles. The fourth-order valence-corrected chi connectivity index (χ4v) is 4.85. The van der Waals surface area contributed by atoms with Crippen LogP contribution in [0.25, 0.3) is 10.9 Å². The van der Waals surface area contributed by atoms with Gasteiger partial charge < -0.3 is 14.8 Å². The van der Waals surface area contributed by atoms with Crippen LogP contribution in [0.5, 0.6) is 0 Å². The van der Waals surface area contributed by atoms with Gasteiger partial charge in [-0.25, -0.2) is 18.4 Å². The Morgan fingerprint density at radius 2 is 2.00 bits per heavy atom. The van der Waals surface area contributed by atoms with Gasteiger partial charge in [0.1, 0.15) is 0 Å². The molecule has 1 aromatic carbocycles. The zero-order valence-electron chi connectivity index (χ0n) is 17.5. The van der Waals surface area contributed by atoms with Crippen LogP contribution in [0.1, 0.15) is 31.3 Å². The summed E-state index contributed by atoms with van der Waals surface area (Å²) in [7, 11) is -3.27. The minimum absolute atomic E-state index is 0.0390. The Morgan fingerprint density at radius 3 is 2.63 bits per heavy atom. The molecule has 0 saturated heterocycles. The van der Waals surface area contributed by atoms with Crippen LogP contribution in [0.3, 0.4) is 0 Å². The zero-order valence-corrected chi connectivity index (χ0v) is 18.3. The van der Waals surface area contributed by atoms with Gasteiger partial charge in [-0.05, 0) is 31.0 Å². The van der Waals surface area contributed by atoms with Crippen molar-refractivity contribution >= 4 is 38.8 Å². The van der Waals surface area contributed by atoms with Crippen LogP contribution in [0.4, 0.5) is 11.6 Å². The van der Waals surface area contributed by atoms with Crippen molar-refractivity contribution in [3.05, 3.63) is 41.9 Å². The fraction of sp³-hybridized carbons (Fsp3) is 0.381. The quantitative estimate of drug-likeness (QED) is 0.629. The molecule has 3 aromatic rings. The predicted molar refractivity (Wildman–Crippen MR) is 116 cm³/mol. The summed E-state index contributed by atoms with van der Waals surface area (Å²) in [5.41, 5.74) is 3.35. The SMILES string of the molecule is Cc1nc(N2CCn3c(cc4ccc(S(C)(=O)=O)cc43)C2C(C)C)ncc1NC=O. The Kier molecular flexibility index (Phi) is 5.01. The van der Waals surface area contributed by atoms with Gasteiger partial charge in [-0.1, -0.05) is 19.9 Å². The summed E-state index contributed by atoms with van der Waals surface area (Å²) in [5.74, 6) is 0.899. The second kappa shape index (κ2) is 7.39. The average molecular weight is 428 g/mol. The summed E-state index contributed by atoms with van der Waals surface area (Å²) in [6.45, 7) is 7.55. The number of nitrogens with one attached hydrogen (secondary N) is 1. The van der Waals surface area contributed by atoms with E-state index in [0.717, 1.165) is 16.6 Å². The van der Waals surface area contributed by atoms with Gasteiger partial charge in [0.25, 0.3) is 0 Å². The van der Waals surface area contributed by atoms with Gasteiger partial charge in [-0.2, -0.15) is 0 Å². The Morgan fingerprint density at radius 1 is 1.23 bits per heavy atom. The van der Waals surface area contributed by atoms with Gasteiger partial charge in [-0.3, -0.25) is 4.79 Å². The number of benzene rings is 1. The molecular formula is C21H25N5O3S. The molecule has 8 nitrogen and oxygen atoms in total. The first kappa shape index (κ1) is 20.3. The molecular weight excluding hydrogens is 402 g/mol. The minimum Gasteiger partial charge on any atom is -0.341 e. The lowest BCUT2D eigenvalue weighted by Gasteiger charge is -2.39. The van der Waals surface area contributed by atoms with Crippen molar-refractivity contribution in [2.75, 3.05) is 23.0 Å². The second-order valence-corrected chi connectivity index (χ2v) is 10.0. The Labute approximate surface area is 175 Å². The van der Waals surface area contributed by atoms with Crippen molar-refractivity contribution in [1.29, 1.82) is 0 Å². The average Bonchev–Trinajstić information content (AvgIpc) is 3.05. The molecule has 0 fully saturated rings. The van der Waals surface area contributed by atoms with Crippen LogP contribution in [-0.2, 0) is 21.2 Å². The summed E-state index contributed by atoms with van der Waals surface area (Å²) < 4.78 is 26.3. The number of hydrogen-bond acceptors (Lipinski definition) is 6. The number of carbonyl (C=O) groups excluding carboxylic acids is 1. The summed E-state index contributed by atoms with van der Waals surface area (Å²) in [5, 5.41) is 3.63. The summed E-state index contributed by atoms with van der Waals surface area (Å²) in [6.07, 6.45) is 3.48. The lowest BCUT2D eigenvalue weighted by atomic mass is 9.97. The van der Waals surface area contributed by atoms with E-state index in [2.05, 4.69) is 44.7 Å². The van der Waals surface area contributed by atoms with Crippen molar-refractivity contribution in [2.24, 2.45) is 5.92 Å². The highest BCUT2D eigenvalue weighted by Crippen LogP contribution is 2.38. The molecule has 0 spiro atoms. The lowest BCUT2D eigenvalue weighted by Crippen LogP contribution is -2.41. The van der Waals surface area contributed by atoms with E-state index in [1.807, 2.05) is 13.0 Å². The first-order valence-electron chi connectivity index (χ1n) is 9.84. The second-order valence-electron chi connectivity index (χ2n) is 8.03. The smallest absolute Gasteiger partial charge is 0.226 e. The van der Waals surface area contributed by atoms with Gasteiger partial charge >= 0.3 is 0 Å². The molecule has 4 rings (SSSR count). The summed E-state index contributed by atoms with van der Waals surface area (Å²) in [4.78, 5) is 22.4. The van der Waals surface area contributed by atoms with Gasteiger partial charge in [0, 0.05) is 35.9 Å².